The number of benzene rings is 2. The van der Waals surface area contributed by atoms with Gasteiger partial charge in [0.05, 0.1) is 13.1 Å². The van der Waals surface area contributed by atoms with Crippen LogP contribution in [0.15, 0.2) is 82.8 Å². The summed E-state index contributed by atoms with van der Waals surface area (Å²) >= 11 is 3.49. The van der Waals surface area contributed by atoms with Crippen LogP contribution in [0.1, 0.15) is 62.3 Å². The standard InChI is InChI=1S/C31H38BrN3O3S/c1-2-20-34(39(37,38)22-19-26-10-5-3-6-11-26)25-31(36)35(29-12-7-4-8-13-29)24-30-14-9-21-33(30)23-27-15-17-28(32)18-16-27/h3,5-6,9-11,14-19,21-22,29H,2,4,7-8,12-13,20,23-25H2,1H3. The van der Waals surface area contributed by atoms with Gasteiger partial charge < -0.3 is 9.47 Å². The summed E-state index contributed by atoms with van der Waals surface area (Å²) in [6, 6.07) is 21.8. The van der Waals surface area contributed by atoms with Gasteiger partial charge in [-0.05, 0) is 60.7 Å². The van der Waals surface area contributed by atoms with E-state index in [4.69, 9.17) is 0 Å². The molecule has 1 aliphatic rings. The van der Waals surface area contributed by atoms with Gasteiger partial charge in [-0.1, -0.05) is 84.6 Å². The van der Waals surface area contributed by atoms with Crippen molar-refractivity contribution in [2.24, 2.45) is 0 Å². The van der Waals surface area contributed by atoms with Crippen molar-refractivity contribution in [1.82, 2.24) is 13.8 Å². The molecule has 1 fully saturated rings. The van der Waals surface area contributed by atoms with Crippen LogP contribution in [-0.4, -0.2) is 47.2 Å². The zero-order valence-corrected chi connectivity index (χ0v) is 25.0. The molecule has 4 rings (SSSR count). The van der Waals surface area contributed by atoms with E-state index in [0.29, 0.717) is 26.1 Å². The summed E-state index contributed by atoms with van der Waals surface area (Å²) in [5.74, 6) is -0.136. The molecule has 0 spiro atoms. The van der Waals surface area contributed by atoms with E-state index in [-0.39, 0.29) is 18.5 Å². The number of carbonyl (C=O) groups is 1. The molecule has 0 aliphatic heterocycles. The zero-order valence-electron chi connectivity index (χ0n) is 22.6. The molecular formula is C31H38BrN3O3S. The maximum absolute atomic E-state index is 13.9. The molecule has 1 amide bonds. The molecule has 0 unspecified atom stereocenters. The lowest BCUT2D eigenvalue weighted by Crippen LogP contribution is -2.47. The van der Waals surface area contributed by atoms with Gasteiger partial charge in [0.2, 0.25) is 15.9 Å². The summed E-state index contributed by atoms with van der Waals surface area (Å²) in [4.78, 5) is 15.8. The molecule has 39 heavy (non-hydrogen) atoms. The Kier molecular flexibility index (Phi) is 10.6. The number of hydrogen-bond donors (Lipinski definition) is 0. The van der Waals surface area contributed by atoms with Crippen LogP contribution in [0.5, 0.6) is 0 Å². The van der Waals surface area contributed by atoms with Crippen molar-refractivity contribution in [2.45, 2.75) is 64.6 Å². The molecule has 3 aromatic rings. The number of rotatable bonds is 12. The Morgan fingerprint density at radius 3 is 2.41 bits per heavy atom. The van der Waals surface area contributed by atoms with E-state index in [1.54, 1.807) is 6.08 Å². The third kappa shape index (κ3) is 8.40. The van der Waals surface area contributed by atoms with E-state index in [2.05, 4.69) is 38.7 Å². The molecular weight excluding hydrogens is 574 g/mol. The van der Waals surface area contributed by atoms with Gasteiger partial charge in [0.1, 0.15) is 0 Å². The van der Waals surface area contributed by atoms with E-state index in [1.165, 1.54) is 21.7 Å². The summed E-state index contributed by atoms with van der Waals surface area (Å²) in [6.45, 7) is 3.25. The highest BCUT2D eigenvalue weighted by atomic mass is 79.9. The van der Waals surface area contributed by atoms with Gasteiger partial charge >= 0.3 is 0 Å². The van der Waals surface area contributed by atoms with Gasteiger partial charge in [0, 0.05) is 40.9 Å². The van der Waals surface area contributed by atoms with Crippen molar-refractivity contribution in [3.8, 4) is 0 Å². The minimum atomic E-state index is -3.76. The normalized spacial score (nSPS) is 14.7. The van der Waals surface area contributed by atoms with Crippen molar-refractivity contribution in [1.29, 1.82) is 0 Å². The number of halogens is 1. The van der Waals surface area contributed by atoms with Gasteiger partial charge in [-0.2, -0.15) is 4.31 Å². The molecule has 0 N–H and O–H groups in total. The van der Waals surface area contributed by atoms with Crippen LogP contribution in [0.2, 0.25) is 0 Å². The van der Waals surface area contributed by atoms with Gasteiger partial charge in [-0.25, -0.2) is 8.42 Å². The fourth-order valence-electron chi connectivity index (χ4n) is 5.12. The second-order valence-corrected chi connectivity index (χ2v) is 12.9. The average molecular weight is 613 g/mol. The van der Waals surface area contributed by atoms with Gasteiger partial charge in [0.25, 0.3) is 0 Å². The Hall–Kier alpha value is -2.68. The minimum Gasteiger partial charge on any atom is -0.345 e. The highest BCUT2D eigenvalue weighted by molar-refractivity contribution is 9.10. The molecule has 6 nitrogen and oxygen atoms in total. The third-order valence-corrected chi connectivity index (χ3v) is 9.27. The van der Waals surface area contributed by atoms with Crippen molar-refractivity contribution < 1.29 is 13.2 Å². The fourth-order valence-corrected chi connectivity index (χ4v) is 6.62. The van der Waals surface area contributed by atoms with Gasteiger partial charge in [-0.15, -0.1) is 0 Å². The molecule has 0 radical (unpaired) electrons. The largest absolute Gasteiger partial charge is 0.345 e. The van der Waals surface area contributed by atoms with Crippen LogP contribution in [0.25, 0.3) is 6.08 Å². The van der Waals surface area contributed by atoms with Crippen molar-refractivity contribution in [3.05, 3.63) is 99.6 Å². The zero-order chi connectivity index (χ0) is 27.7. The maximum atomic E-state index is 13.9. The maximum Gasteiger partial charge on any atom is 0.238 e. The predicted octanol–water partition coefficient (Wildman–Crippen LogP) is 6.67. The minimum absolute atomic E-state index is 0.119. The summed E-state index contributed by atoms with van der Waals surface area (Å²) in [6.07, 6.45) is 9.53. The first-order chi connectivity index (χ1) is 18.9. The topological polar surface area (TPSA) is 62.6 Å². The van der Waals surface area contributed by atoms with Crippen LogP contribution in [0, 0.1) is 0 Å². The Labute approximate surface area is 241 Å². The number of nitrogens with zero attached hydrogens (tertiary/aromatic N) is 3. The number of amides is 1. The quantitative estimate of drug-likeness (QED) is 0.230. The van der Waals surface area contributed by atoms with E-state index in [9.17, 15) is 13.2 Å². The van der Waals surface area contributed by atoms with E-state index >= 15 is 0 Å². The molecule has 208 valence electrons. The summed E-state index contributed by atoms with van der Waals surface area (Å²) < 4.78 is 31.1. The number of sulfonamides is 1. The summed E-state index contributed by atoms with van der Waals surface area (Å²) in [7, 11) is -3.76. The number of aromatic nitrogens is 1. The van der Waals surface area contributed by atoms with Crippen LogP contribution < -0.4 is 0 Å². The molecule has 0 bridgehead atoms. The van der Waals surface area contributed by atoms with Gasteiger partial charge in [0.15, 0.2) is 0 Å². The van der Waals surface area contributed by atoms with E-state index in [0.717, 1.165) is 41.4 Å². The average Bonchev–Trinajstić information content (AvgIpc) is 3.39. The molecule has 1 aliphatic carbocycles. The molecule has 1 saturated carbocycles. The van der Waals surface area contributed by atoms with E-state index < -0.39 is 10.0 Å². The molecule has 8 heteroatoms. The summed E-state index contributed by atoms with van der Waals surface area (Å²) in [5, 5.41) is 1.22. The molecule has 1 heterocycles. The second kappa shape index (κ2) is 14.1. The second-order valence-electron chi connectivity index (χ2n) is 10.2. The first-order valence-electron chi connectivity index (χ1n) is 13.8. The van der Waals surface area contributed by atoms with Crippen LogP contribution in [-0.2, 0) is 27.9 Å². The van der Waals surface area contributed by atoms with Crippen LogP contribution in [0.3, 0.4) is 0 Å². The van der Waals surface area contributed by atoms with Gasteiger partial charge in [-0.3, -0.25) is 4.79 Å². The molecule has 0 atom stereocenters. The molecule has 2 aromatic carbocycles. The SMILES string of the molecule is CCCN(CC(=O)N(Cc1cccn1Cc1ccc(Br)cc1)C1CCCCC1)S(=O)(=O)C=Cc1ccccc1. The smallest absolute Gasteiger partial charge is 0.238 e. The van der Waals surface area contributed by atoms with Crippen molar-refractivity contribution in [3.63, 3.8) is 0 Å². The van der Waals surface area contributed by atoms with Crippen LogP contribution >= 0.6 is 15.9 Å². The lowest BCUT2D eigenvalue weighted by molar-refractivity contribution is -0.135. The first kappa shape index (κ1) is 29.3. The monoisotopic (exact) mass is 611 g/mol. The number of carbonyl (C=O) groups excluding carboxylic acids is 1. The Bertz CT molecular complexity index is 1330. The van der Waals surface area contributed by atoms with Crippen LogP contribution in [0.4, 0.5) is 0 Å². The lowest BCUT2D eigenvalue weighted by Gasteiger charge is -2.36. The molecule has 1 aromatic heterocycles. The lowest BCUT2D eigenvalue weighted by atomic mass is 9.94. The number of hydrogen-bond acceptors (Lipinski definition) is 3. The highest BCUT2D eigenvalue weighted by Crippen LogP contribution is 2.25. The van der Waals surface area contributed by atoms with Crippen molar-refractivity contribution >= 4 is 37.9 Å². The molecule has 0 saturated heterocycles. The van der Waals surface area contributed by atoms with Crippen molar-refractivity contribution in [2.75, 3.05) is 13.1 Å². The fraction of sp³-hybridized carbons (Fsp3) is 0.387. The highest BCUT2D eigenvalue weighted by Gasteiger charge is 2.30. The Balaban J connectivity index is 1.53. The Morgan fingerprint density at radius 2 is 1.72 bits per heavy atom. The first-order valence-corrected chi connectivity index (χ1v) is 16.1. The summed E-state index contributed by atoms with van der Waals surface area (Å²) in [5.41, 5.74) is 3.03. The predicted molar refractivity (Wildman–Crippen MR) is 161 cm³/mol. The Morgan fingerprint density at radius 1 is 1.00 bits per heavy atom. The third-order valence-electron chi connectivity index (χ3n) is 7.23. The van der Waals surface area contributed by atoms with E-state index in [1.807, 2.05) is 66.6 Å².